The molecular weight excluding hydrogens is 277 g/mol. The molecule has 0 radical (unpaired) electrons. The molecule has 0 saturated carbocycles. The fraction of sp³-hybridized carbons (Fsp3) is 0.500. The van der Waals surface area contributed by atoms with E-state index in [2.05, 4.69) is 31.1 Å². The van der Waals surface area contributed by atoms with Gasteiger partial charge in [-0.1, -0.05) is 11.6 Å². The molecule has 0 atom stereocenters. The van der Waals surface area contributed by atoms with Crippen molar-refractivity contribution in [2.45, 2.75) is 6.42 Å². The van der Waals surface area contributed by atoms with Gasteiger partial charge in [-0.25, -0.2) is 4.98 Å². The molecule has 0 aromatic carbocycles. The summed E-state index contributed by atoms with van der Waals surface area (Å²) < 4.78 is 0.848. The molecule has 82 valence electrons. The number of nitrogens with zero attached hydrogens (tertiary/aromatic N) is 2. The van der Waals surface area contributed by atoms with Crippen LogP contribution in [0.2, 0.25) is 5.15 Å². The molecule has 0 aliphatic carbocycles. The molecule has 0 bridgehead atoms. The number of hydrogen-bond donors (Lipinski definition) is 1. The fourth-order valence-corrected chi connectivity index (χ4v) is 2.03. The summed E-state index contributed by atoms with van der Waals surface area (Å²) >= 11 is 9.32. The SMILES string of the molecule is Clc1nc(N2CCCNCC2)ccc1Br. The zero-order valence-corrected chi connectivity index (χ0v) is 10.7. The van der Waals surface area contributed by atoms with Crippen molar-refractivity contribution in [3.63, 3.8) is 0 Å². The summed E-state index contributed by atoms with van der Waals surface area (Å²) in [5, 5.41) is 3.89. The van der Waals surface area contributed by atoms with Gasteiger partial charge in [0, 0.05) is 19.6 Å². The van der Waals surface area contributed by atoms with Crippen molar-refractivity contribution in [2.75, 3.05) is 31.1 Å². The summed E-state index contributed by atoms with van der Waals surface area (Å²) in [5.41, 5.74) is 0. The summed E-state index contributed by atoms with van der Waals surface area (Å²) in [4.78, 5) is 6.62. The maximum Gasteiger partial charge on any atom is 0.145 e. The van der Waals surface area contributed by atoms with Crippen molar-refractivity contribution in [1.29, 1.82) is 0 Å². The molecule has 1 fully saturated rings. The van der Waals surface area contributed by atoms with Crippen LogP contribution < -0.4 is 10.2 Å². The Balaban J connectivity index is 2.16. The third-order valence-electron chi connectivity index (χ3n) is 2.45. The van der Waals surface area contributed by atoms with Crippen molar-refractivity contribution in [3.05, 3.63) is 21.8 Å². The molecule has 1 aliphatic heterocycles. The van der Waals surface area contributed by atoms with Crippen LogP contribution in [0.4, 0.5) is 5.82 Å². The van der Waals surface area contributed by atoms with Gasteiger partial charge < -0.3 is 10.2 Å². The molecule has 15 heavy (non-hydrogen) atoms. The van der Waals surface area contributed by atoms with Gasteiger partial charge in [0.05, 0.1) is 4.47 Å². The zero-order valence-electron chi connectivity index (χ0n) is 8.34. The quantitative estimate of drug-likeness (QED) is 0.805. The van der Waals surface area contributed by atoms with E-state index in [1.807, 2.05) is 12.1 Å². The van der Waals surface area contributed by atoms with E-state index < -0.39 is 0 Å². The first-order chi connectivity index (χ1) is 7.27. The predicted octanol–water partition coefficient (Wildman–Crippen LogP) is 2.30. The van der Waals surface area contributed by atoms with Gasteiger partial charge in [-0.2, -0.15) is 0 Å². The lowest BCUT2D eigenvalue weighted by Crippen LogP contribution is -2.28. The van der Waals surface area contributed by atoms with Crippen LogP contribution in [0, 0.1) is 0 Å². The molecule has 5 heteroatoms. The maximum absolute atomic E-state index is 5.97. The molecule has 1 saturated heterocycles. The highest BCUT2D eigenvalue weighted by Gasteiger charge is 2.11. The van der Waals surface area contributed by atoms with E-state index in [0.717, 1.165) is 42.9 Å². The average molecular weight is 291 g/mol. The first-order valence-electron chi connectivity index (χ1n) is 5.05. The Morgan fingerprint density at radius 2 is 2.20 bits per heavy atom. The molecule has 0 spiro atoms. The van der Waals surface area contributed by atoms with Gasteiger partial charge in [0.15, 0.2) is 0 Å². The topological polar surface area (TPSA) is 28.2 Å². The second kappa shape index (κ2) is 5.14. The van der Waals surface area contributed by atoms with Gasteiger partial charge in [-0.3, -0.25) is 0 Å². The van der Waals surface area contributed by atoms with Crippen molar-refractivity contribution in [1.82, 2.24) is 10.3 Å². The third kappa shape index (κ3) is 2.83. The summed E-state index contributed by atoms with van der Waals surface area (Å²) in [6.45, 7) is 4.12. The molecule has 2 rings (SSSR count). The van der Waals surface area contributed by atoms with Crippen molar-refractivity contribution in [2.24, 2.45) is 0 Å². The van der Waals surface area contributed by atoms with Crippen LogP contribution in [-0.4, -0.2) is 31.2 Å². The Labute approximate surface area is 103 Å². The molecule has 3 nitrogen and oxygen atoms in total. The lowest BCUT2D eigenvalue weighted by atomic mass is 10.3. The van der Waals surface area contributed by atoms with E-state index in [-0.39, 0.29) is 0 Å². The molecular formula is C10H13BrClN3. The lowest BCUT2D eigenvalue weighted by Gasteiger charge is -2.21. The highest BCUT2D eigenvalue weighted by Crippen LogP contribution is 2.23. The van der Waals surface area contributed by atoms with E-state index in [1.165, 1.54) is 0 Å². The maximum atomic E-state index is 5.97. The number of anilines is 1. The summed E-state index contributed by atoms with van der Waals surface area (Å²) in [5.74, 6) is 0.965. The number of halogens is 2. The first kappa shape index (κ1) is 11.2. The first-order valence-corrected chi connectivity index (χ1v) is 6.22. The fourth-order valence-electron chi connectivity index (χ4n) is 1.66. The standard InChI is InChI=1S/C10H13BrClN3/c11-8-2-3-9(14-10(8)12)15-6-1-4-13-5-7-15/h2-3,13H,1,4-7H2. The Hall–Kier alpha value is -0.320. The normalized spacial score (nSPS) is 17.6. The molecule has 1 N–H and O–H groups in total. The number of aromatic nitrogens is 1. The molecule has 0 amide bonds. The number of rotatable bonds is 1. The second-order valence-electron chi connectivity index (χ2n) is 3.53. The van der Waals surface area contributed by atoms with Crippen LogP contribution in [0.1, 0.15) is 6.42 Å². The molecule has 1 aromatic rings. The third-order valence-corrected chi connectivity index (χ3v) is 3.61. The van der Waals surface area contributed by atoms with Crippen molar-refractivity contribution >= 4 is 33.3 Å². The van der Waals surface area contributed by atoms with E-state index in [0.29, 0.717) is 5.15 Å². The van der Waals surface area contributed by atoms with Crippen LogP contribution in [0.3, 0.4) is 0 Å². The number of hydrogen-bond acceptors (Lipinski definition) is 3. The van der Waals surface area contributed by atoms with Crippen molar-refractivity contribution in [3.8, 4) is 0 Å². The van der Waals surface area contributed by atoms with Crippen molar-refractivity contribution < 1.29 is 0 Å². The van der Waals surface area contributed by atoms with E-state index in [4.69, 9.17) is 11.6 Å². The van der Waals surface area contributed by atoms with Crippen LogP contribution >= 0.6 is 27.5 Å². The van der Waals surface area contributed by atoms with Gasteiger partial charge in [0.25, 0.3) is 0 Å². The largest absolute Gasteiger partial charge is 0.355 e. The van der Waals surface area contributed by atoms with Crippen LogP contribution in [0.25, 0.3) is 0 Å². The predicted molar refractivity (Wildman–Crippen MR) is 66.6 cm³/mol. The highest BCUT2D eigenvalue weighted by atomic mass is 79.9. The lowest BCUT2D eigenvalue weighted by molar-refractivity contribution is 0.724. The Kier molecular flexibility index (Phi) is 3.83. The minimum atomic E-state index is 0.532. The number of nitrogens with one attached hydrogen (secondary N) is 1. The van der Waals surface area contributed by atoms with E-state index in [9.17, 15) is 0 Å². The van der Waals surface area contributed by atoms with Crippen LogP contribution in [-0.2, 0) is 0 Å². The highest BCUT2D eigenvalue weighted by molar-refractivity contribution is 9.10. The average Bonchev–Trinajstić information content (AvgIpc) is 2.50. The number of pyridine rings is 1. The molecule has 1 aromatic heterocycles. The Morgan fingerprint density at radius 1 is 1.33 bits per heavy atom. The monoisotopic (exact) mass is 289 g/mol. The summed E-state index contributed by atoms with van der Waals surface area (Å²) in [6.07, 6.45) is 1.15. The van der Waals surface area contributed by atoms with Gasteiger partial charge in [0.2, 0.25) is 0 Å². The van der Waals surface area contributed by atoms with E-state index in [1.54, 1.807) is 0 Å². The Bertz CT molecular complexity index is 337. The van der Waals surface area contributed by atoms with Gasteiger partial charge in [-0.15, -0.1) is 0 Å². The molecule has 2 heterocycles. The van der Waals surface area contributed by atoms with Gasteiger partial charge in [-0.05, 0) is 41.0 Å². The van der Waals surface area contributed by atoms with Crippen LogP contribution in [0.15, 0.2) is 16.6 Å². The second-order valence-corrected chi connectivity index (χ2v) is 4.75. The summed E-state index contributed by atoms with van der Waals surface area (Å²) in [7, 11) is 0. The van der Waals surface area contributed by atoms with Gasteiger partial charge in [0.1, 0.15) is 11.0 Å². The molecule has 0 unspecified atom stereocenters. The minimum Gasteiger partial charge on any atom is -0.355 e. The zero-order chi connectivity index (χ0) is 10.7. The molecule has 1 aliphatic rings. The van der Waals surface area contributed by atoms with Gasteiger partial charge >= 0.3 is 0 Å². The smallest absolute Gasteiger partial charge is 0.145 e. The van der Waals surface area contributed by atoms with Crippen LogP contribution in [0.5, 0.6) is 0 Å². The minimum absolute atomic E-state index is 0.532. The summed E-state index contributed by atoms with van der Waals surface area (Å²) in [6, 6.07) is 3.95. The van der Waals surface area contributed by atoms with E-state index >= 15 is 0 Å². The Morgan fingerprint density at radius 3 is 3.00 bits per heavy atom.